The van der Waals surface area contributed by atoms with E-state index in [9.17, 15) is 0 Å². The van der Waals surface area contributed by atoms with Gasteiger partial charge < -0.3 is 5.73 Å². The Labute approximate surface area is 83.2 Å². The average molecular weight is 197 g/mol. The Morgan fingerprint density at radius 2 is 2.15 bits per heavy atom. The van der Waals surface area contributed by atoms with Crippen LogP contribution in [0.25, 0.3) is 0 Å². The molecule has 0 aliphatic rings. The molecule has 0 radical (unpaired) electrons. The summed E-state index contributed by atoms with van der Waals surface area (Å²) in [5.41, 5.74) is 7.61. The summed E-state index contributed by atoms with van der Waals surface area (Å²) in [7, 11) is 0. The van der Waals surface area contributed by atoms with Gasteiger partial charge in [0.15, 0.2) is 0 Å². The van der Waals surface area contributed by atoms with Crippen LogP contribution in [0, 0.1) is 0 Å². The van der Waals surface area contributed by atoms with Crippen LogP contribution in [-0.2, 0) is 0 Å². The molecule has 0 saturated heterocycles. The van der Waals surface area contributed by atoms with Crippen molar-refractivity contribution < 1.29 is 0 Å². The summed E-state index contributed by atoms with van der Waals surface area (Å²) in [6.45, 7) is 6.25. The molecule has 13 heavy (non-hydrogen) atoms. The molecule has 3 nitrogen and oxygen atoms in total. The van der Waals surface area contributed by atoms with Gasteiger partial charge in [0, 0.05) is 0 Å². The Morgan fingerprint density at radius 1 is 1.46 bits per heavy atom. The number of anilines is 1. The van der Waals surface area contributed by atoms with E-state index >= 15 is 0 Å². The SMILES string of the molecule is CCSc1ncnc(C(C)C)c1N. The number of hydrogen-bond donors (Lipinski definition) is 1. The lowest BCUT2D eigenvalue weighted by Gasteiger charge is -2.09. The molecule has 0 atom stereocenters. The molecule has 0 fully saturated rings. The van der Waals surface area contributed by atoms with Gasteiger partial charge in [0.2, 0.25) is 0 Å². The molecule has 72 valence electrons. The molecule has 1 aromatic rings. The van der Waals surface area contributed by atoms with Crippen molar-refractivity contribution in [2.75, 3.05) is 11.5 Å². The third-order valence-corrected chi connectivity index (χ3v) is 2.59. The highest BCUT2D eigenvalue weighted by Crippen LogP contribution is 2.27. The highest BCUT2D eigenvalue weighted by Gasteiger charge is 2.10. The molecule has 0 aliphatic carbocycles. The zero-order valence-corrected chi connectivity index (χ0v) is 9.06. The summed E-state index contributed by atoms with van der Waals surface area (Å²) < 4.78 is 0. The number of nitrogens with two attached hydrogens (primary N) is 1. The zero-order valence-electron chi connectivity index (χ0n) is 8.24. The number of hydrogen-bond acceptors (Lipinski definition) is 4. The molecule has 0 aliphatic heterocycles. The van der Waals surface area contributed by atoms with Crippen LogP contribution in [0.3, 0.4) is 0 Å². The number of nitrogens with zero attached hydrogens (tertiary/aromatic N) is 2. The first-order valence-corrected chi connectivity index (χ1v) is 5.38. The van der Waals surface area contributed by atoms with Crippen molar-refractivity contribution >= 4 is 17.4 Å². The van der Waals surface area contributed by atoms with E-state index in [1.807, 2.05) is 0 Å². The Kier molecular flexibility index (Phi) is 3.54. The van der Waals surface area contributed by atoms with E-state index in [0.29, 0.717) is 5.92 Å². The van der Waals surface area contributed by atoms with Crippen LogP contribution in [0.4, 0.5) is 5.69 Å². The van der Waals surface area contributed by atoms with Gasteiger partial charge in [0.1, 0.15) is 11.4 Å². The smallest absolute Gasteiger partial charge is 0.123 e. The standard InChI is InChI=1S/C9H15N3S/c1-4-13-9-7(10)8(6(2)3)11-5-12-9/h5-6H,4,10H2,1-3H3. The molecule has 2 N–H and O–H groups in total. The molecule has 0 bridgehead atoms. The first kappa shape index (κ1) is 10.3. The Balaban J connectivity index is 3.03. The van der Waals surface area contributed by atoms with E-state index in [1.165, 1.54) is 0 Å². The Bertz CT molecular complexity index is 286. The summed E-state index contributed by atoms with van der Waals surface area (Å²) in [5, 5.41) is 0.904. The quantitative estimate of drug-likeness (QED) is 0.596. The lowest BCUT2D eigenvalue weighted by Crippen LogP contribution is -2.03. The zero-order chi connectivity index (χ0) is 9.84. The van der Waals surface area contributed by atoms with Crippen LogP contribution in [0.1, 0.15) is 32.4 Å². The fourth-order valence-electron chi connectivity index (χ4n) is 1.10. The molecule has 4 heteroatoms. The second-order valence-electron chi connectivity index (χ2n) is 3.07. The van der Waals surface area contributed by atoms with Crippen LogP contribution in [0.2, 0.25) is 0 Å². The van der Waals surface area contributed by atoms with E-state index in [2.05, 4.69) is 30.7 Å². The van der Waals surface area contributed by atoms with E-state index < -0.39 is 0 Å². The summed E-state index contributed by atoms with van der Waals surface area (Å²) in [4.78, 5) is 8.31. The predicted molar refractivity (Wildman–Crippen MR) is 56.9 cm³/mol. The molecule has 1 rings (SSSR count). The van der Waals surface area contributed by atoms with Gasteiger partial charge in [-0.3, -0.25) is 0 Å². The summed E-state index contributed by atoms with van der Waals surface area (Å²) >= 11 is 1.66. The van der Waals surface area contributed by atoms with Gasteiger partial charge >= 0.3 is 0 Å². The van der Waals surface area contributed by atoms with Gasteiger partial charge in [-0.15, -0.1) is 11.8 Å². The molecule has 1 heterocycles. The van der Waals surface area contributed by atoms with E-state index in [0.717, 1.165) is 22.2 Å². The van der Waals surface area contributed by atoms with Gasteiger partial charge in [-0.1, -0.05) is 20.8 Å². The fraction of sp³-hybridized carbons (Fsp3) is 0.556. The summed E-state index contributed by atoms with van der Waals surface area (Å²) in [5.74, 6) is 1.35. The lowest BCUT2D eigenvalue weighted by atomic mass is 10.1. The molecule has 0 saturated carbocycles. The van der Waals surface area contributed by atoms with Gasteiger partial charge in [-0.2, -0.15) is 0 Å². The van der Waals surface area contributed by atoms with Gasteiger partial charge in [0.25, 0.3) is 0 Å². The largest absolute Gasteiger partial charge is 0.395 e. The van der Waals surface area contributed by atoms with Crippen LogP contribution >= 0.6 is 11.8 Å². The van der Waals surface area contributed by atoms with Crippen molar-refractivity contribution in [3.63, 3.8) is 0 Å². The van der Waals surface area contributed by atoms with Crippen molar-refractivity contribution in [2.45, 2.75) is 31.7 Å². The Morgan fingerprint density at radius 3 is 2.69 bits per heavy atom. The van der Waals surface area contributed by atoms with Gasteiger partial charge in [-0.25, -0.2) is 9.97 Å². The van der Waals surface area contributed by atoms with E-state index in [4.69, 9.17) is 5.73 Å². The maximum absolute atomic E-state index is 5.92. The number of aromatic nitrogens is 2. The minimum atomic E-state index is 0.360. The minimum absolute atomic E-state index is 0.360. The lowest BCUT2D eigenvalue weighted by molar-refractivity contribution is 0.806. The van der Waals surface area contributed by atoms with Crippen molar-refractivity contribution in [1.29, 1.82) is 0 Å². The van der Waals surface area contributed by atoms with Crippen molar-refractivity contribution in [3.05, 3.63) is 12.0 Å². The number of thioether (sulfide) groups is 1. The van der Waals surface area contributed by atoms with Crippen molar-refractivity contribution in [3.8, 4) is 0 Å². The third-order valence-electron chi connectivity index (χ3n) is 1.71. The van der Waals surface area contributed by atoms with Crippen molar-refractivity contribution in [1.82, 2.24) is 9.97 Å². The number of rotatable bonds is 3. The second-order valence-corrected chi connectivity index (χ2v) is 4.32. The summed E-state index contributed by atoms with van der Waals surface area (Å²) in [6, 6.07) is 0. The van der Waals surface area contributed by atoms with Gasteiger partial charge in [0.05, 0.1) is 11.4 Å². The maximum Gasteiger partial charge on any atom is 0.123 e. The topological polar surface area (TPSA) is 51.8 Å². The molecule has 0 spiro atoms. The predicted octanol–water partition coefficient (Wildman–Crippen LogP) is 2.29. The highest BCUT2D eigenvalue weighted by molar-refractivity contribution is 7.99. The fourth-order valence-corrected chi connectivity index (χ4v) is 1.76. The normalized spacial score (nSPS) is 10.8. The number of nitrogen functional groups attached to an aromatic ring is 1. The first-order valence-electron chi connectivity index (χ1n) is 4.40. The van der Waals surface area contributed by atoms with Crippen LogP contribution in [-0.4, -0.2) is 15.7 Å². The minimum Gasteiger partial charge on any atom is -0.395 e. The summed E-state index contributed by atoms with van der Waals surface area (Å²) in [6.07, 6.45) is 1.59. The van der Waals surface area contributed by atoms with E-state index in [-0.39, 0.29) is 0 Å². The first-order chi connectivity index (χ1) is 6.16. The van der Waals surface area contributed by atoms with Crippen LogP contribution in [0.15, 0.2) is 11.4 Å². The molecule has 0 amide bonds. The molecule has 0 aromatic carbocycles. The Hall–Kier alpha value is -0.770. The van der Waals surface area contributed by atoms with Crippen LogP contribution in [0.5, 0.6) is 0 Å². The monoisotopic (exact) mass is 197 g/mol. The molecular weight excluding hydrogens is 182 g/mol. The van der Waals surface area contributed by atoms with E-state index in [1.54, 1.807) is 18.1 Å². The molecule has 0 unspecified atom stereocenters. The average Bonchev–Trinajstić information content (AvgIpc) is 2.08. The molecular formula is C9H15N3S. The van der Waals surface area contributed by atoms with Gasteiger partial charge in [-0.05, 0) is 11.7 Å². The van der Waals surface area contributed by atoms with Crippen molar-refractivity contribution in [2.24, 2.45) is 0 Å². The third kappa shape index (κ3) is 2.34. The maximum atomic E-state index is 5.92. The highest BCUT2D eigenvalue weighted by atomic mass is 32.2. The van der Waals surface area contributed by atoms with Crippen LogP contribution < -0.4 is 5.73 Å². The molecule has 1 aromatic heterocycles. The second kappa shape index (κ2) is 4.46.